The van der Waals surface area contributed by atoms with E-state index in [9.17, 15) is 4.79 Å². The fourth-order valence-electron chi connectivity index (χ4n) is 2.71. The molecule has 6 nitrogen and oxygen atoms in total. The lowest BCUT2D eigenvalue weighted by Crippen LogP contribution is -2.27. The van der Waals surface area contributed by atoms with Crippen LogP contribution in [0.4, 0.5) is 5.82 Å². The third kappa shape index (κ3) is 2.80. The van der Waals surface area contributed by atoms with E-state index in [1.807, 2.05) is 24.3 Å². The Hall–Kier alpha value is -2.73. The molecule has 1 atom stereocenters. The first kappa shape index (κ1) is 13.9. The summed E-state index contributed by atoms with van der Waals surface area (Å²) in [6.45, 7) is 0.643. The van der Waals surface area contributed by atoms with Gasteiger partial charge in [0.05, 0.1) is 6.20 Å². The number of pyridine rings is 1. The zero-order valence-electron chi connectivity index (χ0n) is 12.4. The second-order valence-corrected chi connectivity index (χ2v) is 5.49. The van der Waals surface area contributed by atoms with Crippen LogP contribution in [0.25, 0.3) is 22.1 Å². The summed E-state index contributed by atoms with van der Waals surface area (Å²) in [6, 6.07) is 7.75. The molecular formula is C17H15N3O3. The van der Waals surface area contributed by atoms with E-state index < -0.39 is 0 Å². The summed E-state index contributed by atoms with van der Waals surface area (Å²) in [7, 11) is 0. The van der Waals surface area contributed by atoms with Crippen molar-refractivity contribution in [2.75, 3.05) is 11.9 Å². The van der Waals surface area contributed by atoms with E-state index in [4.69, 9.17) is 9.15 Å². The van der Waals surface area contributed by atoms with Crippen LogP contribution < -0.4 is 5.32 Å². The number of benzene rings is 1. The minimum atomic E-state index is -0.368. The Morgan fingerprint density at radius 1 is 1.22 bits per heavy atom. The number of fused-ring (bicyclic) bond motifs is 1. The van der Waals surface area contributed by atoms with Crippen molar-refractivity contribution in [1.29, 1.82) is 0 Å². The normalized spacial score (nSPS) is 17.5. The third-order valence-corrected chi connectivity index (χ3v) is 3.91. The molecule has 0 aliphatic carbocycles. The van der Waals surface area contributed by atoms with E-state index in [0.29, 0.717) is 18.2 Å². The SMILES string of the molecule is O=C(Nc1cc2cc(-c3cnco3)ccc2cn1)[C@H]1CCCO1. The molecule has 0 radical (unpaired) electrons. The highest BCUT2D eigenvalue weighted by Crippen LogP contribution is 2.25. The van der Waals surface area contributed by atoms with Crippen molar-refractivity contribution in [1.82, 2.24) is 9.97 Å². The molecule has 0 spiro atoms. The number of carbonyl (C=O) groups excluding carboxylic acids is 1. The van der Waals surface area contributed by atoms with Crippen LogP contribution in [-0.2, 0) is 9.53 Å². The minimum Gasteiger partial charge on any atom is -0.444 e. The molecule has 1 saturated heterocycles. The van der Waals surface area contributed by atoms with Gasteiger partial charge >= 0.3 is 0 Å². The molecule has 1 N–H and O–H groups in total. The van der Waals surface area contributed by atoms with Crippen molar-refractivity contribution in [2.45, 2.75) is 18.9 Å². The Balaban J connectivity index is 1.62. The number of amides is 1. The van der Waals surface area contributed by atoms with Crippen LogP contribution in [0.15, 0.2) is 47.5 Å². The largest absolute Gasteiger partial charge is 0.444 e. The Kier molecular flexibility index (Phi) is 3.51. The maximum Gasteiger partial charge on any atom is 0.254 e. The van der Waals surface area contributed by atoms with Crippen LogP contribution in [0.1, 0.15) is 12.8 Å². The minimum absolute atomic E-state index is 0.138. The zero-order chi connectivity index (χ0) is 15.6. The fraction of sp³-hybridized carbons (Fsp3) is 0.235. The monoisotopic (exact) mass is 309 g/mol. The fourth-order valence-corrected chi connectivity index (χ4v) is 2.71. The molecule has 1 fully saturated rings. The molecule has 3 heterocycles. The number of rotatable bonds is 3. The molecule has 6 heteroatoms. The molecular weight excluding hydrogens is 294 g/mol. The van der Waals surface area contributed by atoms with Gasteiger partial charge in [-0.2, -0.15) is 0 Å². The van der Waals surface area contributed by atoms with Crippen molar-refractivity contribution in [2.24, 2.45) is 0 Å². The Morgan fingerprint density at radius 2 is 2.17 bits per heavy atom. The summed E-state index contributed by atoms with van der Waals surface area (Å²) >= 11 is 0. The number of anilines is 1. The van der Waals surface area contributed by atoms with Crippen molar-refractivity contribution in [3.63, 3.8) is 0 Å². The van der Waals surface area contributed by atoms with Crippen LogP contribution in [-0.4, -0.2) is 28.6 Å². The Bertz CT molecular complexity index is 839. The van der Waals surface area contributed by atoms with Gasteiger partial charge < -0.3 is 14.5 Å². The number of nitrogens with one attached hydrogen (secondary N) is 1. The number of aromatic nitrogens is 2. The quantitative estimate of drug-likeness (QED) is 0.804. The van der Waals surface area contributed by atoms with Crippen molar-refractivity contribution in [3.05, 3.63) is 43.1 Å². The summed E-state index contributed by atoms with van der Waals surface area (Å²) in [6.07, 6.45) is 6.12. The topological polar surface area (TPSA) is 77.3 Å². The zero-order valence-corrected chi connectivity index (χ0v) is 12.4. The summed E-state index contributed by atoms with van der Waals surface area (Å²) < 4.78 is 10.7. The molecule has 1 aliphatic rings. The van der Waals surface area contributed by atoms with Crippen molar-refractivity contribution in [3.8, 4) is 11.3 Å². The summed E-state index contributed by atoms with van der Waals surface area (Å²) in [5.74, 6) is 1.09. The van der Waals surface area contributed by atoms with Crippen LogP contribution in [0, 0.1) is 0 Å². The lowest BCUT2D eigenvalue weighted by Gasteiger charge is -2.10. The van der Waals surface area contributed by atoms with Gasteiger partial charge in [0.15, 0.2) is 12.2 Å². The van der Waals surface area contributed by atoms with Crippen molar-refractivity contribution < 1.29 is 13.9 Å². The second kappa shape index (κ2) is 5.81. The van der Waals surface area contributed by atoms with Gasteiger partial charge in [-0.25, -0.2) is 9.97 Å². The molecule has 23 heavy (non-hydrogen) atoms. The van der Waals surface area contributed by atoms with E-state index in [1.165, 1.54) is 6.39 Å². The van der Waals surface area contributed by atoms with Gasteiger partial charge in [-0.1, -0.05) is 12.1 Å². The van der Waals surface area contributed by atoms with Gasteiger partial charge in [-0.05, 0) is 30.4 Å². The standard InChI is InChI=1S/C17H15N3O3/c21-17(14-2-1-5-22-14)20-16-7-13-6-11(15-9-18-10-23-15)3-4-12(13)8-19-16/h3-4,6-10,14H,1-2,5H2,(H,19,20,21)/t14-/m1/s1. The number of ether oxygens (including phenoxy) is 1. The Labute approximate surface area is 132 Å². The van der Waals surface area contributed by atoms with Crippen LogP contribution >= 0.6 is 0 Å². The Morgan fingerprint density at radius 3 is 2.96 bits per heavy atom. The molecule has 116 valence electrons. The average molecular weight is 309 g/mol. The molecule has 1 aromatic carbocycles. The maximum absolute atomic E-state index is 12.1. The number of oxazole rings is 1. The number of carbonyl (C=O) groups is 1. The molecule has 1 aliphatic heterocycles. The average Bonchev–Trinajstić information content (AvgIpc) is 3.27. The highest BCUT2D eigenvalue weighted by atomic mass is 16.5. The van der Waals surface area contributed by atoms with Gasteiger partial charge in [-0.3, -0.25) is 4.79 Å². The summed E-state index contributed by atoms with van der Waals surface area (Å²) in [4.78, 5) is 20.3. The van der Waals surface area contributed by atoms with E-state index >= 15 is 0 Å². The van der Waals surface area contributed by atoms with E-state index in [-0.39, 0.29) is 12.0 Å². The molecule has 0 bridgehead atoms. The third-order valence-electron chi connectivity index (χ3n) is 3.91. The second-order valence-electron chi connectivity index (χ2n) is 5.49. The predicted molar refractivity (Wildman–Crippen MR) is 84.8 cm³/mol. The van der Waals surface area contributed by atoms with E-state index in [0.717, 1.165) is 29.2 Å². The molecule has 4 rings (SSSR count). The van der Waals surface area contributed by atoms with Gasteiger partial charge in [0.1, 0.15) is 11.9 Å². The molecule has 2 aromatic heterocycles. The van der Waals surface area contributed by atoms with Gasteiger partial charge in [0, 0.05) is 23.8 Å². The van der Waals surface area contributed by atoms with Gasteiger partial charge in [0.25, 0.3) is 5.91 Å². The van der Waals surface area contributed by atoms with Crippen LogP contribution in [0.2, 0.25) is 0 Å². The number of hydrogen-bond acceptors (Lipinski definition) is 5. The predicted octanol–water partition coefficient (Wildman–Crippen LogP) is 3.01. The highest BCUT2D eigenvalue weighted by Gasteiger charge is 2.23. The van der Waals surface area contributed by atoms with E-state index in [1.54, 1.807) is 12.4 Å². The smallest absolute Gasteiger partial charge is 0.254 e. The first-order valence-electron chi connectivity index (χ1n) is 7.51. The van der Waals surface area contributed by atoms with Gasteiger partial charge in [-0.15, -0.1) is 0 Å². The molecule has 0 saturated carbocycles. The maximum atomic E-state index is 12.1. The number of hydrogen-bond donors (Lipinski definition) is 1. The van der Waals surface area contributed by atoms with Crippen molar-refractivity contribution >= 4 is 22.5 Å². The van der Waals surface area contributed by atoms with Crippen LogP contribution in [0.5, 0.6) is 0 Å². The number of nitrogens with zero attached hydrogens (tertiary/aromatic N) is 2. The lowest BCUT2D eigenvalue weighted by atomic mass is 10.1. The summed E-state index contributed by atoms with van der Waals surface area (Å²) in [5, 5.41) is 4.78. The molecule has 3 aromatic rings. The molecule has 0 unspecified atom stereocenters. The highest BCUT2D eigenvalue weighted by molar-refractivity contribution is 5.96. The van der Waals surface area contributed by atoms with E-state index in [2.05, 4.69) is 15.3 Å². The first-order valence-corrected chi connectivity index (χ1v) is 7.51. The first-order chi connectivity index (χ1) is 11.3. The summed E-state index contributed by atoms with van der Waals surface area (Å²) in [5.41, 5.74) is 0.928. The van der Waals surface area contributed by atoms with Gasteiger partial charge in [0.2, 0.25) is 0 Å². The lowest BCUT2D eigenvalue weighted by molar-refractivity contribution is -0.124. The van der Waals surface area contributed by atoms with Crippen LogP contribution in [0.3, 0.4) is 0 Å². The molecule has 1 amide bonds.